The Morgan fingerprint density at radius 2 is 1.51 bits per heavy atom. The lowest BCUT2D eigenvalue weighted by Crippen LogP contribution is -2.36. The fraction of sp³-hybridized carbons (Fsp3) is 0.250. The highest BCUT2D eigenvalue weighted by molar-refractivity contribution is 7.87. The summed E-state index contributed by atoms with van der Waals surface area (Å²) in [5.41, 5.74) is -1.81. The molecule has 3 aromatic rings. The SMILES string of the molecule is CC1(C)C[C@H](Oc2ccc(C(F)(F)F)cc2Cl)c2ccc(S(=O)(=O)Oc3c(F)c(F)c(F)c(F)c3F)cc2O1. The van der Waals surface area contributed by atoms with Gasteiger partial charge in [-0.25, -0.2) is 13.2 Å². The molecule has 0 aromatic heterocycles. The molecule has 15 heteroatoms. The summed E-state index contributed by atoms with van der Waals surface area (Å²) < 4.78 is 148. The molecule has 1 aliphatic rings. The summed E-state index contributed by atoms with van der Waals surface area (Å²) >= 11 is 5.98. The maximum absolute atomic E-state index is 14.0. The average Bonchev–Trinajstić information content (AvgIpc) is 2.83. The zero-order valence-corrected chi connectivity index (χ0v) is 21.2. The fourth-order valence-corrected chi connectivity index (χ4v) is 4.94. The summed E-state index contributed by atoms with van der Waals surface area (Å²) in [7, 11) is -5.16. The van der Waals surface area contributed by atoms with E-state index in [2.05, 4.69) is 4.18 Å². The predicted molar refractivity (Wildman–Crippen MR) is 120 cm³/mol. The molecule has 3 aromatic carbocycles. The molecule has 0 N–H and O–H groups in total. The first-order valence-corrected chi connectivity index (χ1v) is 12.5. The molecule has 0 amide bonds. The van der Waals surface area contributed by atoms with Crippen molar-refractivity contribution in [3.05, 3.63) is 81.6 Å². The van der Waals surface area contributed by atoms with Gasteiger partial charge < -0.3 is 13.7 Å². The van der Waals surface area contributed by atoms with E-state index >= 15 is 0 Å². The maximum Gasteiger partial charge on any atom is 0.416 e. The zero-order valence-electron chi connectivity index (χ0n) is 19.6. The van der Waals surface area contributed by atoms with Crippen molar-refractivity contribution < 1.29 is 57.2 Å². The summed E-state index contributed by atoms with van der Waals surface area (Å²) in [6.07, 6.45) is -5.42. The smallest absolute Gasteiger partial charge is 0.416 e. The second-order valence-electron chi connectivity index (χ2n) is 8.95. The van der Waals surface area contributed by atoms with Gasteiger partial charge >= 0.3 is 16.3 Å². The minimum absolute atomic E-state index is 0.107. The van der Waals surface area contributed by atoms with Crippen molar-refractivity contribution in [2.75, 3.05) is 0 Å². The quantitative estimate of drug-likeness (QED) is 0.131. The van der Waals surface area contributed by atoms with E-state index in [-0.39, 0.29) is 28.5 Å². The van der Waals surface area contributed by atoms with Crippen LogP contribution in [0.3, 0.4) is 0 Å². The van der Waals surface area contributed by atoms with E-state index in [0.29, 0.717) is 6.07 Å². The van der Waals surface area contributed by atoms with Gasteiger partial charge in [0.25, 0.3) is 0 Å². The topological polar surface area (TPSA) is 61.8 Å². The van der Waals surface area contributed by atoms with Crippen LogP contribution in [0.2, 0.25) is 5.02 Å². The Kier molecular flexibility index (Phi) is 7.17. The lowest BCUT2D eigenvalue weighted by atomic mass is 9.91. The Balaban J connectivity index is 1.69. The second kappa shape index (κ2) is 9.73. The van der Waals surface area contributed by atoms with Crippen LogP contribution in [0, 0.1) is 29.1 Å². The molecular weight excluding hydrogens is 588 g/mol. The van der Waals surface area contributed by atoms with Crippen LogP contribution < -0.4 is 13.7 Å². The Bertz CT molecular complexity index is 1540. The third-order valence-electron chi connectivity index (χ3n) is 5.57. The van der Waals surface area contributed by atoms with Crippen LogP contribution in [0.15, 0.2) is 41.3 Å². The maximum atomic E-state index is 14.0. The number of rotatable bonds is 5. The molecule has 1 aliphatic heterocycles. The van der Waals surface area contributed by atoms with E-state index in [1.54, 1.807) is 13.8 Å². The van der Waals surface area contributed by atoms with E-state index in [9.17, 15) is 43.5 Å². The summed E-state index contributed by atoms with van der Waals surface area (Å²) in [4.78, 5) is -0.769. The van der Waals surface area contributed by atoms with Crippen LogP contribution in [0.1, 0.15) is 37.5 Å². The minimum atomic E-state index is -5.16. The minimum Gasteiger partial charge on any atom is -0.487 e. The van der Waals surface area contributed by atoms with Crippen LogP contribution in [-0.2, 0) is 16.3 Å². The number of benzene rings is 3. The summed E-state index contributed by atoms with van der Waals surface area (Å²) in [6, 6.07) is 5.40. The van der Waals surface area contributed by atoms with Crippen molar-refractivity contribution in [2.45, 2.75) is 43.0 Å². The molecule has 0 bridgehead atoms. The van der Waals surface area contributed by atoms with Gasteiger partial charge in [-0.2, -0.15) is 30.4 Å². The Morgan fingerprint density at radius 3 is 2.08 bits per heavy atom. The van der Waals surface area contributed by atoms with Crippen LogP contribution in [0.5, 0.6) is 17.2 Å². The monoisotopic (exact) mass is 602 g/mol. The first-order chi connectivity index (χ1) is 17.9. The summed E-state index contributed by atoms with van der Waals surface area (Å²) in [5.74, 6) is -14.6. The number of ether oxygens (including phenoxy) is 2. The number of hydrogen-bond donors (Lipinski definition) is 0. The zero-order chi connectivity index (χ0) is 29.1. The van der Waals surface area contributed by atoms with Gasteiger partial charge in [0.2, 0.25) is 34.8 Å². The van der Waals surface area contributed by atoms with Gasteiger partial charge in [-0.3, -0.25) is 0 Å². The molecule has 1 heterocycles. The predicted octanol–water partition coefficient (Wildman–Crippen LogP) is 7.50. The van der Waals surface area contributed by atoms with Gasteiger partial charge in [0.1, 0.15) is 28.1 Å². The highest BCUT2D eigenvalue weighted by Gasteiger charge is 2.38. The van der Waals surface area contributed by atoms with Crippen LogP contribution in [0.4, 0.5) is 35.1 Å². The highest BCUT2D eigenvalue weighted by atomic mass is 35.5. The normalized spacial score (nSPS) is 16.8. The van der Waals surface area contributed by atoms with Crippen molar-refractivity contribution >= 4 is 21.7 Å². The van der Waals surface area contributed by atoms with Crippen molar-refractivity contribution in [2.24, 2.45) is 0 Å². The molecule has 0 radical (unpaired) electrons. The molecule has 5 nitrogen and oxygen atoms in total. The molecule has 0 fully saturated rings. The van der Waals surface area contributed by atoms with Crippen molar-refractivity contribution in [3.63, 3.8) is 0 Å². The average molecular weight is 603 g/mol. The van der Waals surface area contributed by atoms with Crippen LogP contribution in [-0.4, -0.2) is 14.0 Å². The van der Waals surface area contributed by atoms with E-state index in [1.165, 1.54) is 6.07 Å². The van der Waals surface area contributed by atoms with E-state index < -0.39 is 73.3 Å². The molecule has 39 heavy (non-hydrogen) atoms. The Labute approximate surface area is 221 Å². The second-order valence-corrected chi connectivity index (χ2v) is 10.9. The molecule has 1 atom stereocenters. The first kappa shape index (κ1) is 28.7. The third-order valence-corrected chi connectivity index (χ3v) is 7.09. The van der Waals surface area contributed by atoms with E-state index in [0.717, 1.165) is 24.3 Å². The largest absolute Gasteiger partial charge is 0.487 e. The molecular formula is C24H15ClF8O5S. The summed E-state index contributed by atoms with van der Waals surface area (Å²) in [6.45, 7) is 3.18. The molecule has 0 saturated carbocycles. The van der Waals surface area contributed by atoms with Crippen molar-refractivity contribution in [1.29, 1.82) is 0 Å². The lowest BCUT2D eigenvalue weighted by molar-refractivity contribution is -0.137. The molecule has 0 spiro atoms. The van der Waals surface area contributed by atoms with Gasteiger partial charge in [-0.15, -0.1) is 0 Å². The van der Waals surface area contributed by atoms with Crippen molar-refractivity contribution in [1.82, 2.24) is 0 Å². The lowest BCUT2D eigenvalue weighted by Gasteiger charge is -2.37. The first-order valence-electron chi connectivity index (χ1n) is 10.7. The number of fused-ring (bicyclic) bond motifs is 1. The van der Waals surface area contributed by atoms with Crippen LogP contribution in [0.25, 0.3) is 0 Å². The number of halogens is 9. The molecule has 0 saturated heterocycles. The van der Waals surface area contributed by atoms with E-state index in [1.807, 2.05) is 0 Å². The van der Waals surface area contributed by atoms with Crippen LogP contribution >= 0.6 is 11.6 Å². The van der Waals surface area contributed by atoms with Gasteiger partial charge in [0.15, 0.2) is 0 Å². The standard InChI is InChI=1S/C24H15ClF8O5S/c1-23(2)9-16(36-14-6-3-10(7-13(14)25)24(31,32)33)12-5-4-11(8-15(12)37-23)39(34,35)38-22-20(29)18(27)17(26)19(28)21(22)30/h3-8,16H,9H2,1-2H3/t16-/m0/s1. The third kappa shape index (κ3) is 5.57. The number of alkyl halides is 3. The van der Waals surface area contributed by atoms with Gasteiger partial charge in [-0.1, -0.05) is 17.7 Å². The van der Waals surface area contributed by atoms with Gasteiger partial charge in [0, 0.05) is 18.1 Å². The molecule has 0 aliphatic carbocycles. The molecule has 4 rings (SSSR count). The highest BCUT2D eigenvalue weighted by Crippen LogP contribution is 2.45. The summed E-state index contributed by atoms with van der Waals surface area (Å²) in [5, 5.41) is -0.342. The van der Waals surface area contributed by atoms with Gasteiger partial charge in [-0.05, 0) is 38.1 Å². The van der Waals surface area contributed by atoms with Crippen molar-refractivity contribution in [3.8, 4) is 17.2 Å². The van der Waals surface area contributed by atoms with Gasteiger partial charge in [0.05, 0.1) is 10.6 Å². The molecule has 210 valence electrons. The fourth-order valence-electron chi connectivity index (χ4n) is 3.77. The van der Waals surface area contributed by atoms with E-state index in [4.69, 9.17) is 21.1 Å². The Morgan fingerprint density at radius 1 is 0.923 bits per heavy atom. The number of hydrogen-bond acceptors (Lipinski definition) is 5. The molecule has 0 unspecified atom stereocenters. The Hall–Kier alpha value is -3.26.